The molecule has 0 fully saturated rings. The van der Waals surface area contributed by atoms with Gasteiger partial charge in [0.2, 0.25) is 0 Å². The molecule has 1 aromatic carbocycles. The quantitative estimate of drug-likeness (QED) is 0.858. The molecule has 6 heteroatoms. The minimum atomic E-state index is -3.47. The molecule has 16 heavy (non-hydrogen) atoms. The van der Waals surface area contributed by atoms with Crippen LogP contribution in [0.25, 0.3) is 5.69 Å². The Kier molecular flexibility index (Phi) is 2.76. The van der Waals surface area contributed by atoms with E-state index < -0.39 is 10.0 Å². The van der Waals surface area contributed by atoms with Crippen molar-refractivity contribution in [3.63, 3.8) is 0 Å². The van der Waals surface area contributed by atoms with Gasteiger partial charge in [0.1, 0.15) is 6.33 Å². The summed E-state index contributed by atoms with van der Waals surface area (Å²) in [7, 11) is -2.11. The molecule has 2 rings (SSSR count). The van der Waals surface area contributed by atoms with Gasteiger partial charge in [0.05, 0.1) is 0 Å². The number of aromatic nitrogens is 2. The van der Waals surface area contributed by atoms with Gasteiger partial charge in [-0.1, -0.05) is 18.2 Å². The summed E-state index contributed by atoms with van der Waals surface area (Å²) in [5, 5.41) is 0.0128. The molecule has 0 bridgehead atoms. The van der Waals surface area contributed by atoms with E-state index in [0.717, 1.165) is 5.69 Å². The lowest BCUT2D eigenvalue weighted by molar-refractivity contribution is 0.585. The molecule has 0 amide bonds. The van der Waals surface area contributed by atoms with Crippen LogP contribution in [0.3, 0.4) is 0 Å². The van der Waals surface area contributed by atoms with E-state index in [-0.39, 0.29) is 5.03 Å². The molecule has 0 aliphatic rings. The van der Waals surface area contributed by atoms with Crippen molar-refractivity contribution in [3.05, 3.63) is 42.9 Å². The topological polar surface area (TPSA) is 64.0 Å². The van der Waals surface area contributed by atoms with E-state index in [0.29, 0.717) is 0 Å². The summed E-state index contributed by atoms with van der Waals surface area (Å²) in [6, 6.07) is 9.39. The number of imidazole rings is 1. The molecule has 0 saturated carbocycles. The van der Waals surface area contributed by atoms with Crippen molar-refractivity contribution in [1.82, 2.24) is 14.3 Å². The van der Waals surface area contributed by atoms with Gasteiger partial charge in [0, 0.05) is 11.9 Å². The SMILES string of the molecule is CNS(=O)(=O)c1cn(-c2ccccc2)cn1. The number of rotatable bonds is 3. The second-order valence-corrected chi connectivity index (χ2v) is 5.00. The summed E-state index contributed by atoms with van der Waals surface area (Å²) >= 11 is 0. The van der Waals surface area contributed by atoms with Crippen molar-refractivity contribution < 1.29 is 8.42 Å². The van der Waals surface area contributed by atoms with Gasteiger partial charge in [-0.15, -0.1) is 0 Å². The van der Waals surface area contributed by atoms with Crippen LogP contribution in [-0.4, -0.2) is 25.0 Å². The Balaban J connectivity index is 2.42. The van der Waals surface area contributed by atoms with Gasteiger partial charge in [0.15, 0.2) is 5.03 Å². The van der Waals surface area contributed by atoms with Crippen molar-refractivity contribution in [3.8, 4) is 5.69 Å². The summed E-state index contributed by atoms with van der Waals surface area (Å²) in [5.41, 5.74) is 0.868. The zero-order chi connectivity index (χ0) is 11.6. The molecule has 0 aliphatic heterocycles. The molecule has 1 aromatic heterocycles. The number of hydrogen-bond donors (Lipinski definition) is 1. The van der Waals surface area contributed by atoms with Crippen molar-refractivity contribution in [2.75, 3.05) is 7.05 Å². The number of benzene rings is 1. The Labute approximate surface area is 93.8 Å². The molecular weight excluding hydrogens is 226 g/mol. The number of hydrogen-bond acceptors (Lipinski definition) is 3. The van der Waals surface area contributed by atoms with Crippen LogP contribution in [0.4, 0.5) is 0 Å². The molecular formula is C10H11N3O2S. The Bertz CT molecular complexity index is 575. The second kappa shape index (κ2) is 4.07. The van der Waals surface area contributed by atoms with E-state index in [1.807, 2.05) is 30.3 Å². The lowest BCUT2D eigenvalue weighted by atomic mass is 10.3. The number of nitrogens with zero attached hydrogens (tertiary/aromatic N) is 2. The molecule has 0 aliphatic carbocycles. The van der Waals surface area contributed by atoms with Crippen molar-refractivity contribution in [1.29, 1.82) is 0 Å². The predicted octanol–water partition coefficient (Wildman–Crippen LogP) is 0.780. The lowest BCUT2D eigenvalue weighted by Crippen LogP contribution is -2.18. The summed E-state index contributed by atoms with van der Waals surface area (Å²) < 4.78 is 26.8. The first kappa shape index (κ1) is 10.8. The average molecular weight is 237 g/mol. The van der Waals surface area contributed by atoms with Gasteiger partial charge in [-0.05, 0) is 19.2 Å². The Morgan fingerprint density at radius 1 is 1.25 bits per heavy atom. The highest BCUT2D eigenvalue weighted by atomic mass is 32.2. The van der Waals surface area contributed by atoms with Gasteiger partial charge < -0.3 is 4.57 Å². The fraction of sp³-hybridized carbons (Fsp3) is 0.100. The lowest BCUT2D eigenvalue weighted by Gasteiger charge is -1.99. The average Bonchev–Trinajstić information content (AvgIpc) is 2.80. The third kappa shape index (κ3) is 1.98. The predicted molar refractivity (Wildman–Crippen MR) is 59.8 cm³/mol. The molecule has 84 valence electrons. The maximum atomic E-state index is 11.5. The van der Waals surface area contributed by atoms with Gasteiger partial charge >= 0.3 is 0 Å². The number of nitrogens with one attached hydrogen (secondary N) is 1. The molecule has 0 atom stereocenters. The molecule has 5 nitrogen and oxygen atoms in total. The Morgan fingerprint density at radius 3 is 2.56 bits per heavy atom. The van der Waals surface area contributed by atoms with E-state index in [1.54, 1.807) is 4.57 Å². The third-order valence-corrected chi connectivity index (χ3v) is 3.46. The molecule has 1 heterocycles. The van der Waals surface area contributed by atoms with Crippen LogP contribution in [0.5, 0.6) is 0 Å². The van der Waals surface area contributed by atoms with Crippen molar-refractivity contribution >= 4 is 10.0 Å². The van der Waals surface area contributed by atoms with Gasteiger partial charge in [-0.25, -0.2) is 18.1 Å². The molecule has 0 saturated heterocycles. The van der Waals surface area contributed by atoms with Crippen LogP contribution in [0.2, 0.25) is 0 Å². The zero-order valence-electron chi connectivity index (χ0n) is 8.66. The van der Waals surface area contributed by atoms with Crippen molar-refractivity contribution in [2.24, 2.45) is 0 Å². The fourth-order valence-electron chi connectivity index (χ4n) is 1.29. The van der Waals surface area contributed by atoms with Crippen LogP contribution in [-0.2, 0) is 10.0 Å². The van der Waals surface area contributed by atoms with Gasteiger partial charge in [-0.3, -0.25) is 0 Å². The largest absolute Gasteiger partial charge is 0.305 e. The van der Waals surface area contributed by atoms with Gasteiger partial charge in [0.25, 0.3) is 10.0 Å². The minimum absolute atomic E-state index is 0.0128. The van der Waals surface area contributed by atoms with Crippen LogP contribution in [0, 0.1) is 0 Å². The summed E-state index contributed by atoms with van der Waals surface area (Å²) in [6.45, 7) is 0. The van der Waals surface area contributed by atoms with Crippen LogP contribution in [0.1, 0.15) is 0 Å². The summed E-state index contributed by atoms with van der Waals surface area (Å²) in [5.74, 6) is 0. The van der Waals surface area contributed by atoms with E-state index in [9.17, 15) is 8.42 Å². The molecule has 0 radical (unpaired) electrons. The summed E-state index contributed by atoms with van der Waals surface area (Å²) in [6.07, 6.45) is 2.95. The maximum absolute atomic E-state index is 11.5. The van der Waals surface area contributed by atoms with E-state index in [2.05, 4.69) is 9.71 Å². The third-order valence-electron chi connectivity index (χ3n) is 2.16. The second-order valence-electron chi connectivity index (χ2n) is 3.16. The van der Waals surface area contributed by atoms with E-state index in [1.165, 1.54) is 19.6 Å². The molecule has 1 N–H and O–H groups in total. The van der Waals surface area contributed by atoms with Crippen LogP contribution < -0.4 is 4.72 Å². The van der Waals surface area contributed by atoms with Crippen LogP contribution in [0.15, 0.2) is 47.9 Å². The monoisotopic (exact) mass is 237 g/mol. The highest BCUT2D eigenvalue weighted by molar-refractivity contribution is 7.89. The first-order valence-corrected chi connectivity index (χ1v) is 6.15. The number of para-hydroxylation sites is 1. The number of sulfonamides is 1. The first-order valence-electron chi connectivity index (χ1n) is 4.66. The first-order chi connectivity index (χ1) is 7.63. The normalized spacial score (nSPS) is 11.6. The maximum Gasteiger partial charge on any atom is 0.259 e. The molecule has 2 aromatic rings. The fourth-order valence-corrected chi connectivity index (χ4v) is 1.94. The minimum Gasteiger partial charge on any atom is -0.305 e. The van der Waals surface area contributed by atoms with Crippen molar-refractivity contribution in [2.45, 2.75) is 5.03 Å². The van der Waals surface area contributed by atoms with Gasteiger partial charge in [-0.2, -0.15) is 0 Å². The zero-order valence-corrected chi connectivity index (χ0v) is 9.48. The Morgan fingerprint density at radius 2 is 1.94 bits per heavy atom. The van der Waals surface area contributed by atoms with Crippen LogP contribution >= 0.6 is 0 Å². The Hall–Kier alpha value is -1.66. The highest BCUT2D eigenvalue weighted by Gasteiger charge is 2.14. The summed E-state index contributed by atoms with van der Waals surface area (Å²) in [4.78, 5) is 3.85. The van der Waals surface area contributed by atoms with E-state index >= 15 is 0 Å². The standard InChI is InChI=1S/C10H11N3O2S/c1-11-16(14,15)10-7-13(8-12-10)9-5-3-2-4-6-9/h2-8,11H,1H3. The van der Waals surface area contributed by atoms with E-state index in [4.69, 9.17) is 0 Å². The smallest absolute Gasteiger partial charge is 0.259 e. The molecule has 0 spiro atoms. The highest BCUT2D eigenvalue weighted by Crippen LogP contribution is 2.10. The molecule has 0 unspecified atom stereocenters.